The molecular formula is C20H18N2O3S. The Labute approximate surface area is 156 Å². The van der Waals surface area contributed by atoms with E-state index in [1.54, 1.807) is 13.0 Å². The van der Waals surface area contributed by atoms with E-state index in [0.29, 0.717) is 23.2 Å². The predicted octanol–water partition coefficient (Wildman–Crippen LogP) is 3.73. The van der Waals surface area contributed by atoms with Crippen LogP contribution in [0.25, 0.3) is 6.08 Å². The highest BCUT2D eigenvalue weighted by Crippen LogP contribution is 2.29. The summed E-state index contributed by atoms with van der Waals surface area (Å²) >= 11 is 1.19. The van der Waals surface area contributed by atoms with Gasteiger partial charge in [-0.15, -0.1) is 0 Å². The summed E-state index contributed by atoms with van der Waals surface area (Å²) in [6, 6.07) is 18.8. The van der Waals surface area contributed by atoms with Crippen molar-refractivity contribution in [2.75, 3.05) is 17.3 Å². The van der Waals surface area contributed by atoms with Gasteiger partial charge < -0.3 is 4.74 Å². The zero-order valence-corrected chi connectivity index (χ0v) is 15.1. The fourth-order valence-corrected chi connectivity index (χ4v) is 3.24. The molecule has 5 nitrogen and oxygen atoms in total. The van der Waals surface area contributed by atoms with E-state index in [1.807, 2.05) is 60.7 Å². The lowest BCUT2D eigenvalue weighted by Crippen LogP contribution is -2.30. The number of amidine groups is 1. The average molecular weight is 366 g/mol. The van der Waals surface area contributed by atoms with Gasteiger partial charge in [-0.1, -0.05) is 60.3 Å². The minimum absolute atomic E-state index is 0.0991. The molecule has 0 atom stereocenters. The molecule has 26 heavy (non-hydrogen) atoms. The Bertz CT molecular complexity index is 848. The number of carbonyl (C=O) groups excluding carboxylic acids is 2. The van der Waals surface area contributed by atoms with Crippen LogP contribution in [0.5, 0.6) is 0 Å². The fraction of sp³-hybridized carbons (Fsp3) is 0.150. The van der Waals surface area contributed by atoms with Gasteiger partial charge >= 0.3 is 5.97 Å². The fourth-order valence-electron chi connectivity index (χ4n) is 2.43. The molecule has 1 heterocycles. The Morgan fingerprint density at radius 1 is 1.12 bits per heavy atom. The number of esters is 1. The summed E-state index contributed by atoms with van der Waals surface area (Å²) in [5, 5.41) is 0.469. The Morgan fingerprint density at radius 2 is 1.77 bits per heavy atom. The minimum Gasteiger partial charge on any atom is -0.465 e. The summed E-state index contributed by atoms with van der Waals surface area (Å²) in [6.07, 6.45) is 1.75. The molecule has 1 aliphatic rings. The number of benzene rings is 2. The Balaban J connectivity index is 1.89. The van der Waals surface area contributed by atoms with Crippen molar-refractivity contribution >= 4 is 40.6 Å². The van der Waals surface area contributed by atoms with Crippen molar-refractivity contribution < 1.29 is 14.3 Å². The predicted molar refractivity (Wildman–Crippen MR) is 105 cm³/mol. The van der Waals surface area contributed by atoms with Crippen LogP contribution in [-0.2, 0) is 14.3 Å². The number of hydrogen-bond donors (Lipinski definition) is 0. The summed E-state index contributed by atoms with van der Waals surface area (Å²) in [6.45, 7) is 2.09. The van der Waals surface area contributed by atoms with E-state index >= 15 is 0 Å². The van der Waals surface area contributed by atoms with Gasteiger partial charge in [-0.25, -0.2) is 4.99 Å². The SMILES string of the molecule is CCOC(=O)CSC1=N/C(=C\c2ccccc2)C(=O)N1c1ccccc1. The molecule has 0 unspecified atom stereocenters. The van der Waals surface area contributed by atoms with E-state index < -0.39 is 0 Å². The maximum absolute atomic E-state index is 12.9. The number of hydrogen-bond acceptors (Lipinski definition) is 5. The van der Waals surface area contributed by atoms with Gasteiger partial charge in [0.2, 0.25) is 0 Å². The Morgan fingerprint density at radius 3 is 2.42 bits per heavy atom. The van der Waals surface area contributed by atoms with Gasteiger partial charge in [-0.2, -0.15) is 0 Å². The van der Waals surface area contributed by atoms with Gasteiger partial charge in [0, 0.05) is 0 Å². The van der Waals surface area contributed by atoms with E-state index in [9.17, 15) is 9.59 Å². The monoisotopic (exact) mass is 366 g/mol. The highest BCUT2D eigenvalue weighted by molar-refractivity contribution is 8.14. The third-order valence-corrected chi connectivity index (χ3v) is 4.48. The first-order valence-corrected chi connectivity index (χ1v) is 9.21. The molecule has 3 rings (SSSR count). The first kappa shape index (κ1) is 17.9. The van der Waals surface area contributed by atoms with E-state index in [1.165, 1.54) is 16.7 Å². The van der Waals surface area contributed by atoms with Gasteiger partial charge in [0.25, 0.3) is 5.91 Å². The second-order valence-corrected chi connectivity index (χ2v) is 6.35. The summed E-state index contributed by atoms with van der Waals surface area (Å²) in [5.74, 6) is -0.449. The van der Waals surface area contributed by atoms with Gasteiger partial charge in [-0.05, 0) is 30.7 Å². The zero-order chi connectivity index (χ0) is 18.4. The Hall–Kier alpha value is -2.86. The van der Waals surface area contributed by atoms with Crippen molar-refractivity contribution in [1.29, 1.82) is 0 Å². The minimum atomic E-state index is -0.332. The third-order valence-electron chi connectivity index (χ3n) is 3.57. The van der Waals surface area contributed by atoms with Crippen LogP contribution in [0.4, 0.5) is 5.69 Å². The van der Waals surface area contributed by atoms with Gasteiger partial charge in [0.1, 0.15) is 5.70 Å². The van der Waals surface area contributed by atoms with Crippen LogP contribution < -0.4 is 4.90 Å². The largest absolute Gasteiger partial charge is 0.465 e. The quantitative estimate of drug-likeness (QED) is 0.598. The van der Waals surface area contributed by atoms with E-state index in [-0.39, 0.29) is 17.6 Å². The third kappa shape index (κ3) is 4.21. The van der Waals surface area contributed by atoms with Crippen molar-refractivity contribution in [3.63, 3.8) is 0 Å². The second kappa shape index (κ2) is 8.49. The summed E-state index contributed by atoms with van der Waals surface area (Å²) in [7, 11) is 0. The first-order valence-electron chi connectivity index (χ1n) is 8.22. The lowest BCUT2D eigenvalue weighted by Gasteiger charge is -2.17. The van der Waals surface area contributed by atoms with Crippen LogP contribution in [0.1, 0.15) is 12.5 Å². The van der Waals surface area contributed by atoms with Crippen LogP contribution in [0.2, 0.25) is 0 Å². The lowest BCUT2D eigenvalue weighted by molar-refractivity contribution is -0.139. The maximum Gasteiger partial charge on any atom is 0.316 e. The summed E-state index contributed by atoms with van der Waals surface area (Å²) in [4.78, 5) is 30.6. The molecule has 0 aromatic heterocycles. The first-order chi connectivity index (χ1) is 12.7. The molecule has 0 radical (unpaired) electrons. The number of carbonyl (C=O) groups is 2. The number of rotatable bonds is 5. The van der Waals surface area contributed by atoms with E-state index in [0.717, 1.165) is 5.56 Å². The maximum atomic E-state index is 12.9. The number of para-hydroxylation sites is 1. The number of ether oxygens (including phenoxy) is 1. The molecule has 2 aromatic rings. The van der Waals surface area contributed by atoms with E-state index in [2.05, 4.69) is 4.99 Å². The molecule has 0 saturated heterocycles. The topological polar surface area (TPSA) is 59.0 Å². The van der Waals surface area contributed by atoms with Crippen LogP contribution in [-0.4, -0.2) is 29.4 Å². The number of thioether (sulfide) groups is 1. The van der Waals surface area contributed by atoms with Crippen LogP contribution in [0.3, 0.4) is 0 Å². The van der Waals surface area contributed by atoms with Crippen molar-refractivity contribution in [3.8, 4) is 0 Å². The number of anilines is 1. The molecule has 0 spiro atoms. The molecule has 6 heteroatoms. The molecule has 0 bridgehead atoms. The van der Waals surface area contributed by atoms with Crippen LogP contribution in [0, 0.1) is 0 Å². The van der Waals surface area contributed by atoms with Crippen molar-refractivity contribution in [1.82, 2.24) is 0 Å². The lowest BCUT2D eigenvalue weighted by atomic mass is 10.2. The van der Waals surface area contributed by atoms with Gasteiger partial charge in [-0.3, -0.25) is 14.5 Å². The number of aliphatic imine (C=N–C) groups is 1. The smallest absolute Gasteiger partial charge is 0.316 e. The normalized spacial score (nSPS) is 15.3. The van der Waals surface area contributed by atoms with Crippen molar-refractivity contribution in [2.24, 2.45) is 4.99 Å². The highest BCUT2D eigenvalue weighted by atomic mass is 32.2. The number of amides is 1. The van der Waals surface area contributed by atoms with Gasteiger partial charge in [0.15, 0.2) is 5.17 Å². The summed E-state index contributed by atoms with van der Waals surface area (Å²) < 4.78 is 4.96. The van der Waals surface area contributed by atoms with E-state index in [4.69, 9.17) is 4.74 Å². The molecule has 1 amide bonds. The average Bonchev–Trinajstić information content (AvgIpc) is 2.97. The van der Waals surface area contributed by atoms with Crippen molar-refractivity contribution in [2.45, 2.75) is 6.92 Å². The molecule has 2 aromatic carbocycles. The molecule has 0 aliphatic carbocycles. The highest BCUT2D eigenvalue weighted by Gasteiger charge is 2.32. The summed E-state index contributed by atoms with van der Waals surface area (Å²) in [5.41, 5.74) is 1.94. The van der Waals surface area contributed by atoms with Crippen molar-refractivity contribution in [3.05, 3.63) is 71.9 Å². The molecule has 1 aliphatic heterocycles. The Kier molecular flexibility index (Phi) is 5.86. The standard InChI is InChI=1S/C20H18N2O3S/c1-2-25-18(23)14-26-20-21-17(13-15-9-5-3-6-10-15)19(24)22(20)16-11-7-4-8-12-16/h3-13H,2,14H2,1H3/b17-13-. The zero-order valence-electron chi connectivity index (χ0n) is 14.3. The molecule has 0 saturated carbocycles. The second-order valence-electron chi connectivity index (χ2n) is 5.40. The molecular weight excluding hydrogens is 348 g/mol. The number of nitrogens with zero attached hydrogens (tertiary/aromatic N) is 2. The molecule has 132 valence electrons. The molecule has 0 N–H and O–H groups in total. The van der Waals surface area contributed by atoms with Crippen LogP contribution >= 0.6 is 11.8 Å². The van der Waals surface area contributed by atoms with Crippen LogP contribution in [0.15, 0.2) is 71.4 Å². The molecule has 0 fully saturated rings. The van der Waals surface area contributed by atoms with Gasteiger partial charge in [0.05, 0.1) is 18.0 Å².